The number of carbonyl (C=O) groups is 2. The maximum Gasteiger partial charge on any atom is 0.276 e. The van der Waals surface area contributed by atoms with E-state index >= 15 is 0 Å². The Bertz CT molecular complexity index is 806. The van der Waals surface area contributed by atoms with Gasteiger partial charge in [-0.15, -0.1) is 10.2 Å². The van der Waals surface area contributed by atoms with Crippen LogP contribution in [-0.4, -0.2) is 53.6 Å². The minimum atomic E-state index is -0.281. The van der Waals surface area contributed by atoms with Crippen LogP contribution in [0.4, 0.5) is 11.5 Å². The number of nitrogens with one attached hydrogen (secondary N) is 1. The first-order valence-electron chi connectivity index (χ1n) is 9.07. The highest BCUT2D eigenvalue weighted by Crippen LogP contribution is 2.29. The van der Waals surface area contributed by atoms with Gasteiger partial charge in [0.2, 0.25) is 6.41 Å². The summed E-state index contributed by atoms with van der Waals surface area (Å²) < 4.78 is 0. The molecule has 1 aliphatic rings. The fourth-order valence-corrected chi connectivity index (χ4v) is 3.10. The van der Waals surface area contributed by atoms with Crippen molar-refractivity contribution in [2.75, 3.05) is 36.4 Å². The topological polar surface area (TPSA) is 78.4 Å². The Hall–Kier alpha value is -2.96. The van der Waals surface area contributed by atoms with Crippen LogP contribution in [0.15, 0.2) is 36.4 Å². The molecule has 1 aliphatic heterocycles. The van der Waals surface area contributed by atoms with Gasteiger partial charge in [0.05, 0.1) is 0 Å². The highest BCUT2D eigenvalue weighted by molar-refractivity contribution is 6.03. The first kappa shape index (κ1) is 18.8. The van der Waals surface area contributed by atoms with E-state index in [1.807, 2.05) is 24.3 Å². The van der Waals surface area contributed by atoms with Crippen molar-refractivity contribution >= 4 is 23.8 Å². The van der Waals surface area contributed by atoms with Crippen LogP contribution in [0.2, 0.25) is 0 Å². The van der Waals surface area contributed by atoms with Crippen LogP contribution in [0.25, 0.3) is 0 Å². The lowest BCUT2D eigenvalue weighted by molar-refractivity contribution is -0.118. The lowest BCUT2D eigenvalue weighted by Gasteiger charge is -2.32. The molecule has 0 bridgehead atoms. The van der Waals surface area contributed by atoms with Gasteiger partial charge in [0.15, 0.2) is 11.5 Å². The number of benzene rings is 1. The minimum absolute atomic E-state index is 0.0803. The average molecular weight is 367 g/mol. The molecule has 7 nitrogen and oxygen atoms in total. The fraction of sp³-hybridized carbons (Fsp3) is 0.400. The number of hydrogen-bond donors (Lipinski definition) is 1. The van der Waals surface area contributed by atoms with Crippen molar-refractivity contribution in [1.29, 1.82) is 0 Å². The van der Waals surface area contributed by atoms with Crippen molar-refractivity contribution in [2.24, 2.45) is 0 Å². The molecule has 142 valence electrons. The first-order chi connectivity index (χ1) is 12.9. The van der Waals surface area contributed by atoms with Crippen LogP contribution >= 0.6 is 0 Å². The van der Waals surface area contributed by atoms with Gasteiger partial charge in [-0.1, -0.05) is 39.0 Å². The highest BCUT2D eigenvalue weighted by Gasteiger charge is 2.20. The van der Waals surface area contributed by atoms with Crippen LogP contribution in [0.5, 0.6) is 0 Å². The molecule has 0 aliphatic carbocycles. The molecular weight excluding hydrogens is 342 g/mol. The average Bonchev–Trinajstić information content (AvgIpc) is 2.68. The van der Waals surface area contributed by atoms with Gasteiger partial charge < -0.3 is 15.1 Å². The maximum absolute atomic E-state index is 12.6. The Kier molecular flexibility index (Phi) is 5.39. The summed E-state index contributed by atoms with van der Waals surface area (Å²) in [6, 6.07) is 11.3. The third-order valence-electron chi connectivity index (χ3n) is 4.65. The zero-order valence-corrected chi connectivity index (χ0v) is 16.0. The number of para-hydroxylation sites is 1. The standard InChI is InChI=1S/C20H25N5O2/c1-20(2,3)15-6-4-5-7-16(15)21-19(27)17-8-9-18(23-22-17)25-12-10-24(14-26)11-13-25/h4-9,14H,10-13H2,1-3H3,(H,21,27). The Labute approximate surface area is 159 Å². The second-order valence-electron chi connectivity index (χ2n) is 7.65. The van der Waals surface area contributed by atoms with E-state index in [4.69, 9.17) is 0 Å². The number of amides is 2. The molecule has 1 aromatic carbocycles. The van der Waals surface area contributed by atoms with Crippen LogP contribution in [0.1, 0.15) is 36.8 Å². The van der Waals surface area contributed by atoms with E-state index in [1.54, 1.807) is 17.0 Å². The summed E-state index contributed by atoms with van der Waals surface area (Å²) in [5, 5.41) is 11.2. The fourth-order valence-electron chi connectivity index (χ4n) is 3.10. The van der Waals surface area contributed by atoms with Gasteiger partial charge in [0.25, 0.3) is 5.91 Å². The SMILES string of the molecule is CC(C)(C)c1ccccc1NC(=O)c1ccc(N2CCN(C=O)CC2)nn1. The van der Waals surface area contributed by atoms with Crippen molar-refractivity contribution in [3.8, 4) is 0 Å². The monoisotopic (exact) mass is 367 g/mol. The van der Waals surface area contributed by atoms with Gasteiger partial charge in [-0.3, -0.25) is 9.59 Å². The Morgan fingerprint density at radius 2 is 1.74 bits per heavy atom. The number of nitrogens with zero attached hydrogens (tertiary/aromatic N) is 4. The summed E-state index contributed by atoms with van der Waals surface area (Å²) in [6.07, 6.45) is 0.867. The largest absolute Gasteiger partial charge is 0.352 e. The molecule has 3 rings (SSSR count). The molecule has 7 heteroatoms. The van der Waals surface area contributed by atoms with E-state index in [9.17, 15) is 9.59 Å². The van der Waals surface area contributed by atoms with Gasteiger partial charge >= 0.3 is 0 Å². The summed E-state index contributed by atoms with van der Waals surface area (Å²) in [7, 11) is 0. The van der Waals surface area contributed by atoms with E-state index in [-0.39, 0.29) is 17.0 Å². The number of piperazine rings is 1. The molecule has 2 amide bonds. The Morgan fingerprint density at radius 1 is 1.04 bits per heavy atom. The van der Waals surface area contributed by atoms with Crippen LogP contribution in [0, 0.1) is 0 Å². The third kappa shape index (κ3) is 4.42. The van der Waals surface area contributed by atoms with Gasteiger partial charge in [0, 0.05) is 31.9 Å². The first-order valence-corrected chi connectivity index (χ1v) is 9.07. The van der Waals surface area contributed by atoms with E-state index in [2.05, 4.69) is 41.2 Å². The lowest BCUT2D eigenvalue weighted by atomic mass is 9.86. The summed E-state index contributed by atoms with van der Waals surface area (Å²) in [5.41, 5.74) is 2.04. The molecule has 1 saturated heterocycles. The molecule has 0 spiro atoms. The predicted molar refractivity (Wildman–Crippen MR) is 105 cm³/mol. The van der Waals surface area contributed by atoms with E-state index in [1.165, 1.54) is 0 Å². The molecule has 2 aromatic rings. The number of hydrogen-bond acceptors (Lipinski definition) is 5. The smallest absolute Gasteiger partial charge is 0.276 e. The van der Waals surface area contributed by atoms with E-state index < -0.39 is 0 Å². The number of rotatable bonds is 4. The molecule has 0 saturated carbocycles. The van der Waals surface area contributed by atoms with Gasteiger partial charge in [-0.05, 0) is 29.2 Å². The molecule has 0 unspecified atom stereocenters. The summed E-state index contributed by atoms with van der Waals surface area (Å²) in [4.78, 5) is 27.2. The second-order valence-corrected chi connectivity index (χ2v) is 7.65. The quantitative estimate of drug-likeness (QED) is 0.839. The predicted octanol–water partition coefficient (Wildman–Crippen LogP) is 2.30. The Morgan fingerprint density at radius 3 is 2.33 bits per heavy atom. The van der Waals surface area contributed by atoms with Crippen molar-refractivity contribution < 1.29 is 9.59 Å². The molecule has 1 aromatic heterocycles. The van der Waals surface area contributed by atoms with E-state index in [0.717, 1.165) is 17.7 Å². The van der Waals surface area contributed by atoms with Crippen molar-refractivity contribution in [3.05, 3.63) is 47.7 Å². The minimum Gasteiger partial charge on any atom is -0.352 e. The zero-order chi connectivity index (χ0) is 19.4. The number of aromatic nitrogens is 2. The lowest BCUT2D eigenvalue weighted by Crippen LogP contribution is -2.46. The molecule has 0 radical (unpaired) electrons. The van der Waals surface area contributed by atoms with Gasteiger partial charge in [-0.2, -0.15) is 0 Å². The van der Waals surface area contributed by atoms with Crippen molar-refractivity contribution in [3.63, 3.8) is 0 Å². The molecule has 1 fully saturated rings. The van der Waals surface area contributed by atoms with Crippen molar-refractivity contribution in [1.82, 2.24) is 15.1 Å². The molecule has 2 heterocycles. The molecular formula is C20H25N5O2. The molecule has 0 atom stereocenters. The van der Waals surface area contributed by atoms with Gasteiger partial charge in [-0.25, -0.2) is 0 Å². The van der Waals surface area contributed by atoms with Gasteiger partial charge in [0.1, 0.15) is 0 Å². The van der Waals surface area contributed by atoms with Crippen LogP contribution < -0.4 is 10.2 Å². The summed E-state index contributed by atoms with van der Waals surface area (Å²) >= 11 is 0. The Balaban J connectivity index is 1.69. The maximum atomic E-state index is 12.6. The normalized spacial score (nSPS) is 14.8. The third-order valence-corrected chi connectivity index (χ3v) is 4.65. The van der Waals surface area contributed by atoms with Crippen molar-refractivity contribution in [2.45, 2.75) is 26.2 Å². The zero-order valence-electron chi connectivity index (χ0n) is 16.0. The number of anilines is 2. The number of carbonyl (C=O) groups excluding carboxylic acids is 2. The summed E-state index contributed by atoms with van der Waals surface area (Å²) in [6.45, 7) is 9.06. The molecule has 27 heavy (non-hydrogen) atoms. The summed E-state index contributed by atoms with van der Waals surface area (Å²) in [5.74, 6) is 0.434. The van der Waals surface area contributed by atoms with Crippen LogP contribution in [0.3, 0.4) is 0 Å². The van der Waals surface area contributed by atoms with Crippen LogP contribution in [-0.2, 0) is 10.2 Å². The highest BCUT2D eigenvalue weighted by atomic mass is 16.2. The van der Waals surface area contributed by atoms with E-state index in [0.29, 0.717) is 32.0 Å². The molecule has 1 N–H and O–H groups in total. The second kappa shape index (κ2) is 7.73.